The van der Waals surface area contributed by atoms with Crippen molar-refractivity contribution in [2.45, 2.75) is 0 Å². The molecule has 3 aromatic rings. The molecule has 0 fully saturated rings. The number of halogens is 2. The highest BCUT2D eigenvalue weighted by molar-refractivity contribution is 6.30. The minimum atomic E-state index is -0.443. The van der Waals surface area contributed by atoms with Crippen molar-refractivity contribution in [2.24, 2.45) is 0 Å². The van der Waals surface area contributed by atoms with E-state index in [1.807, 2.05) is 24.3 Å². The summed E-state index contributed by atoms with van der Waals surface area (Å²) in [4.78, 5) is 0. The minimum Gasteiger partial charge on any atom is -0.497 e. The summed E-state index contributed by atoms with van der Waals surface area (Å²) in [6.07, 6.45) is 3.19. The van der Waals surface area contributed by atoms with Crippen LogP contribution in [0.5, 0.6) is 5.75 Å². The smallest absolute Gasteiger partial charge is 0.181 e. The van der Waals surface area contributed by atoms with Gasteiger partial charge in [-0.2, -0.15) is 4.68 Å². The van der Waals surface area contributed by atoms with Gasteiger partial charge in [-0.15, -0.1) is 5.10 Å². The quantitative estimate of drug-likeness (QED) is 0.766. The number of hydrogen-bond donors (Lipinski definition) is 1. The van der Waals surface area contributed by atoms with Crippen LogP contribution in [0.2, 0.25) is 5.02 Å². The van der Waals surface area contributed by atoms with Gasteiger partial charge < -0.3 is 10.1 Å². The van der Waals surface area contributed by atoms with E-state index in [0.717, 1.165) is 11.4 Å². The van der Waals surface area contributed by atoms with E-state index in [2.05, 4.69) is 20.8 Å². The van der Waals surface area contributed by atoms with Crippen LogP contribution in [0.3, 0.4) is 0 Å². The lowest BCUT2D eigenvalue weighted by atomic mass is 10.3. The zero-order valence-electron chi connectivity index (χ0n) is 12.6. The van der Waals surface area contributed by atoms with Crippen LogP contribution < -0.4 is 10.1 Å². The Hall–Kier alpha value is -2.93. The number of nitrogens with zero attached hydrogens (tertiary/aromatic N) is 4. The minimum absolute atomic E-state index is 0.305. The van der Waals surface area contributed by atoms with Crippen LogP contribution in [-0.4, -0.2) is 27.3 Å². The topological polar surface area (TPSA) is 64.9 Å². The SMILES string of the molecule is COc1ccc(-n2nnnc2C=CNc2ccc(Cl)cc2F)cc1. The zero-order chi connectivity index (χ0) is 16.9. The molecular weight excluding hydrogens is 333 g/mol. The van der Waals surface area contributed by atoms with E-state index in [4.69, 9.17) is 16.3 Å². The maximum atomic E-state index is 13.7. The third kappa shape index (κ3) is 3.52. The molecular formula is C16H13ClFN5O. The summed E-state index contributed by atoms with van der Waals surface area (Å²) < 4.78 is 20.4. The molecule has 2 aromatic carbocycles. The van der Waals surface area contributed by atoms with Crippen molar-refractivity contribution >= 4 is 23.4 Å². The van der Waals surface area contributed by atoms with Gasteiger partial charge in [-0.1, -0.05) is 11.6 Å². The van der Waals surface area contributed by atoms with Gasteiger partial charge in [-0.05, 0) is 52.9 Å². The second kappa shape index (κ2) is 7.10. The van der Waals surface area contributed by atoms with Gasteiger partial charge in [0.15, 0.2) is 5.82 Å². The van der Waals surface area contributed by atoms with Crippen molar-refractivity contribution < 1.29 is 9.13 Å². The summed E-state index contributed by atoms with van der Waals surface area (Å²) in [5.74, 6) is 0.785. The van der Waals surface area contributed by atoms with Crippen molar-refractivity contribution in [3.63, 3.8) is 0 Å². The van der Waals surface area contributed by atoms with Gasteiger partial charge in [0.1, 0.15) is 11.6 Å². The first-order chi connectivity index (χ1) is 11.7. The van der Waals surface area contributed by atoms with Gasteiger partial charge >= 0.3 is 0 Å². The van der Waals surface area contributed by atoms with Gasteiger partial charge in [-0.3, -0.25) is 0 Å². The molecule has 6 nitrogen and oxygen atoms in total. The summed E-state index contributed by atoms with van der Waals surface area (Å²) in [6, 6.07) is 11.7. The fourth-order valence-corrected chi connectivity index (χ4v) is 2.18. The Morgan fingerprint density at radius 3 is 2.71 bits per heavy atom. The fourth-order valence-electron chi connectivity index (χ4n) is 2.02. The molecule has 0 spiro atoms. The molecule has 24 heavy (non-hydrogen) atoms. The van der Waals surface area contributed by atoms with Gasteiger partial charge in [-0.25, -0.2) is 4.39 Å². The van der Waals surface area contributed by atoms with Crippen molar-refractivity contribution in [3.8, 4) is 11.4 Å². The third-order valence-electron chi connectivity index (χ3n) is 3.21. The molecule has 122 valence electrons. The maximum absolute atomic E-state index is 13.7. The van der Waals surface area contributed by atoms with Crippen molar-refractivity contribution in [1.82, 2.24) is 20.2 Å². The first kappa shape index (κ1) is 15.9. The molecule has 1 heterocycles. The lowest BCUT2D eigenvalue weighted by Crippen LogP contribution is -2.00. The molecule has 0 saturated heterocycles. The zero-order valence-corrected chi connectivity index (χ0v) is 13.4. The summed E-state index contributed by atoms with van der Waals surface area (Å²) in [5.41, 5.74) is 1.08. The maximum Gasteiger partial charge on any atom is 0.181 e. The fraction of sp³-hybridized carbons (Fsp3) is 0.0625. The average Bonchev–Trinajstić information content (AvgIpc) is 3.05. The molecule has 3 rings (SSSR count). The number of hydrogen-bond acceptors (Lipinski definition) is 5. The summed E-state index contributed by atoms with van der Waals surface area (Å²) in [5, 5.41) is 14.7. The van der Waals surface area contributed by atoms with Gasteiger partial charge in [0.05, 0.1) is 18.5 Å². The van der Waals surface area contributed by atoms with Crippen molar-refractivity contribution in [3.05, 3.63) is 65.3 Å². The Morgan fingerprint density at radius 2 is 2.00 bits per heavy atom. The summed E-state index contributed by atoms with van der Waals surface area (Å²) >= 11 is 5.72. The molecule has 0 atom stereocenters. The van der Waals surface area contributed by atoms with E-state index >= 15 is 0 Å². The summed E-state index contributed by atoms with van der Waals surface area (Å²) in [6.45, 7) is 0. The second-order valence-corrected chi connectivity index (χ2v) is 5.19. The normalized spacial score (nSPS) is 11.0. The number of tetrazole rings is 1. The van der Waals surface area contributed by atoms with Crippen LogP contribution in [0.1, 0.15) is 5.82 Å². The standard InChI is InChI=1S/C16H13ClFN5O/c1-24-13-5-3-12(4-6-13)23-16(20-21-22-23)8-9-19-15-7-2-11(17)10-14(15)18/h2-10,19H,1H3. The Kier molecular flexibility index (Phi) is 4.72. The lowest BCUT2D eigenvalue weighted by molar-refractivity contribution is 0.414. The molecule has 1 aromatic heterocycles. The molecule has 0 unspecified atom stereocenters. The van der Waals surface area contributed by atoms with E-state index in [9.17, 15) is 4.39 Å². The van der Waals surface area contributed by atoms with E-state index < -0.39 is 5.82 Å². The van der Waals surface area contributed by atoms with E-state index in [-0.39, 0.29) is 0 Å². The Bertz CT molecular complexity index is 863. The molecule has 0 aliphatic rings. The highest BCUT2D eigenvalue weighted by Crippen LogP contribution is 2.19. The second-order valence-electron chi connectivity index (χ2n) is 4.75. The lowest BCUT2D eigenvalue weighted by Gasteiger charge is -2.04. The highest BCUT2D eigenvalue weighted by Gasteiger charge is 2.06. The number of methoxy groups -OCH3 is 1. The van der Waals surface area contributed by atoms with Crippen LogP contribution in [0, 0.1) is 5.82 Å². The Labute approximate surface area is 142 Å². The molecule has 8 heteroatoms. The van der Waals surface area contributed by atoms with Gasteiger partial charge in [0.25, 0.3) is 0 Å². The van der Waals surface area contributed by atoms with Crippen LogP contribution >= 0.6 is 11.6 Å². The van der Waals surface area contributed by atoms with E-state index in [1.54, 1.807) is 36.2 Å². The molecule has 0 amide bonds. The summed E-state index contributed by atoms with van der Waals surface area (Å²) in [7, 11) is 1.60. The Morgan fingerprint density at radius 1 is 1.21 bits per heavy atom. The third-order valence-corrected chi connectivity index (χ3v) is 3.45. The number of benzene rings is 2. The molecule has 1 N–H and O–H groups in total. The van der Waals surface area contributed by atoms with Crippen LogP contribution in [0.25, 0.3) is 11.8 Å². The monoisotopic (exact) mass is 345 g/mol. The van der Waals surface area contributed by atoms with Crippen molar-refractivity contribution in [2.75, 3.05) is 12.4 Å². The Balaban J connectivity index is 1.77. The highest BCUT2D eigenvalue weighted by atomic mass is 35.5. The number of aromatic nitrogens is 4. The first-order valence-electron chi connectivity index (χ1n) is 6.98. The first-order valence-corrected chi connectivity index (χ1v) is 7.36. The number of ether oxygens (including phenoxy) is 1. The molecule has 0 saturated carbocycles. The molecule has 0 aliphatic heterocycles. The predicted molar refractivity (Wildman–Crippen MR) is 89.8 cm³/mol. The molecule has 0 bridgehead atoms. The number of rotatable bonds is 5. The largest absolute Gasteiger partial charge is 0.497 e. The molecule has 0 radical (unpaired) electrons. The average molecular weight is 346 g/mol. The van der Waals surface area contributed by atoms with E-state index in [0.29, 0.717) is 16.5 Å². The van der Waals surface area contributed by atoms with Crippen molar-refractivity contribution in [1.29, 1.82) is 0 Å². The van der Waals surface area contributed by atoms with Crippen LogP contribution in [-0.2, 0) is 0 Å². The van der Waals surface area contributed by atoms with E-state index in [1.165, 1.54) is 6.07 Å². The van der Waals surface area contributed by atoms with Gasteiger partial charge in [0.2, 0.25) is 0 Å². The number of anilines is 1. The predicted octanol–water partition coefficient (Wildman–Crippen LogP) is 3.55. The van der Waals surface area contributed by atoms with Crippen LogP contribution in [0.4, 0.5) is 10.1 Å². The number of nitrogens with one attached hydrogen (secondary N) is 1. The van der Waals surface area contributed by atoms with Crippen LogP contribution in [0.15, 0.2) is 48.7 Å². The molecule has 0 aliphatic carbocycles. The van der Waals surface area contributed by atoms with Gasteiger partial charge in [0, 0.05) is 17.3 Å².